The van der Waals surface area contributed by atoms with E-state index in [1.54, 1.807) is 6.20 Å². The quantitative estimate of drug-likeness (QED) is 0.693. The van der Waals surface area contributed by atoms with Crippen LogP contribution >= 0.6 is 0 Å². The average molecular weight is 177 g/mol. The smallest absolute Gasteiger partial charge is 0.138 e. The second-order valence-corrected chi connectivity index (χ2v) is 4.04. The molecular formula is C11H15NO. The van der Waals surface area contributed by atoms with Crippen molar-refractivity contribution in [2.24, 2.45) is 0 Å². The van der Waals surface area contributed by atoms with Gasteiger partial charge >= 0.3 is 0 Å². The lowest BCUT2D eigenvalue weighted by molar-refractivity contribution is 0.0110. The Morgan fingerprint density at radius 1 is 1.38 bits per heavy atom. The topological polar surface area (TPSA) is 22.1 Å². The largest absolute Gasteiger partial charge is 0.486 e. The van der Waals surface area contributed by atoms with Crippen LogP contribution in [0.2, 0.25) is 0 Å². The van der Waals surface area contributed by atoms with Gasteiger partial charge in [-0.25, -0.2) is 0 Å². The fourth-order valence-corrected chi connectivity index (χ4v) is 1.58. The fraction of sp³-hybridized carbons (Fsp3) is 0.545. The van der Waals surface area contributed by atoms with E-state index in [1.165, 1.54) is 19.3 Å². The van der Waals surface area contributed by atoms with Crippen LogP contribution in [0.1, 0.15) is 31.9 Å². The standard InChI is InChI=1S/C11H15NO/c1-9-4-5-10(8-12-9)13-11(2)6-3-7-11/h4-5,8H,3,6-7H2,1-2H3. The normalized spacial score (nSPS) is 19.2. The molecule has 1 aromatic heterocycles. The summed E-state index contributed by atoms with van der Waals surface area (Å²) in [7, 11) is 0. The van der Waals surface area contributed by atoms with Crippen molar-refractivity contribution in [3.8, 4) is 5.75 Å². The van der Waals surface area contributed by atoms with Crippen LogP contribution < -0.4 is 4.74 Å². The van der Waals surface area contributed by atoms with Crippen molar-refractivity contribution in [2.45, 2.75) is 38.7 Å². The molecule has 1 aliphatic carbocycles. The molecule has 1 saturated carbocycles. The van der Waals surface area contributed by atoms with Gasteiger partial charge in [-0.2, -0.15) is 0 Å². The summed E-state index contributed by atoms with van der Waals surface area (Å²) in [5.74, 6) is 0.896. The Bertz CT molecular complexity index is 287. The third kappa shape index (κ3) is 1.82. The molecule has 0 saturated heterocycles. The highest BCUT2D eigenvalue weighted by molar-refractivity contribution is 5.20. The molecule has 1 heterocycles. The number of nitrogens with zero attached hydrogens (tertiary/aromatic N) is 1. The van der Waals surface area contributed by atoms with Gasteiger partial charge in [-0.05, 0) is 45.2 Å². The van der Waals surface area contributed by atoms with Gasteiger partial charge in [-0.1, -0.05) is 0 Å². The van der Waals surface area contributed by atoms with Crippen molar-refractivity contribution in [1.29, 1.82) is 0 Å². The van der Waals surface area contributed by atoms with E-state index >= 15 is 0 Å². The van der Waals surface area contributed by atoms with Crippen molar-refractivity contribution >= 4 is 0 Å². The molecule has 0 N–H and O–H groups in total. The summed E-state index contributed by atoms with van der Waals surface area (Å²) in [6, 6.07) is 3.98. The molecule has 0 atom stereocenters. The Morgan fingerprint density at radius 2 is 2.15 bits per heavy atom. The zero-order chi connectivity index (χ0) is 9.31. The highest BCUT2D eigenvalue weighted by Crippen LogP contribution is 2.35. The molecular weight excluding hydrogens is 162 g/mol. The molecule has 0 unspecified atom stereocenters. The van der Waals surface area contributed by atoms with Gasteiger partial charge < -0.3 is 4.74 Å². The molecule has 0 aromatic carbocycles. The molecule has 2 nitrogen and oxygen atoms in total. The number of ether oxygens (including phenoxy) is 1. The number of aryl methyl sites for hydroxylation is 1. The SMILES string of the molecule is Cc1ccc(OC2(C)CCC2)cn1. The second-order valence-electron chi connectivity index (χ2n) is 4.04. The molecule has 2 rings (SSSR count). The Balaban J connectivity index is 2.05. The Kier molecular flexibility index (Phi) is 1.98. The van der Waals surface area contributed by atoms with E-state index in [9.17, 15) is 0 Å². The van der Waals surface area contributed by atoms with Crippen molar-refractivity contribution in [3.05, 3.63) is 24.0 Å². The third-order valence-electron chi connectivity index (χ3n) is 2.66. The van der Waals surface area contributed by atoms with E-state index < -0.39 is 0 Å². The van der Waals surface area contributed by atoms with E-state index in [0.29, 0.717) is 0 Å². The lowest BCUT2D eigenvalue weighted by Crippen LogP contribution is -2.39. The first-order valence-electron chi connectivity index (χ1n) is 4.80. The summed E-state index contributed by atoms with van der Waals surface area (Å²) in [4.78, 5) is 4.20. The van der Waals surface area contributed by atoms with Gasteiger partial charge in [0, 0.05) is 5.69 Å². The van der Waals surface area contributed by atoms with E-state index in [1.807, 2.05) is 19.1 Å². The highest BCUT2D eigenvalue weighted by Gasteiger charge is 2.33. The Hall–Kier alpha value is -1.05. The average Bonchev–Trinajstić information content (AvgIpc) is 2.06. The maximum absolute atomic E-state index is 5.83. The molecule has 0 spiro atoms. The summed E-state index contributed by atoms with van der Waals surface area (Å²) in [5, 5.41) is 0. The van der Waals surface area contributed by atoms with Crippen LogP contribution in [-0.2, 0) is 0 Å². The van der Waals surface area contributed by atoms with Crippen LogP contribution in [0.4, 0.5) is 0 Å². The molecule has 1 aromatic rings. The van der Waals surface area contributed by atoms with Gasteiger partial charge in [-0.3, -0.25) is 4.98 Å². The molecule has 1 aliphatic rings. The van der Waals surface area contributed by atoms with Crippen LogP contribution in [-0.4, -0.2) is 10.6 Å². The summed E-state index contributed by atoms with van der Waals surface area (Å²) < 4.78 is 5.83. The number of pyridine rings is 1. The first kappa shape index (κ1) is 8.54. The predicted molar refractivity (Wildman–Crippen MR) is 51.9 cm³/mol. The number of aromatic nitrogens is 1. The second kappa shape index (κ2) is 3.02. The predicted octanol–water partition coefficient (Wildman–Crippen LogP) is 2.71. The van der Waals surface area contributed by atoms with Gasteiger partial charge in [0.05, 0.1) is 6.20 Å². The molecule has 0 amide bonds. The van der Waals surface area contributed by atoms with Crippen molar-refractivity contribution < 1.29 is 4.74 Å². The summed E-state index contributed by atoms with van der Waals surface area (Å²) in [5.41, 5.74) is 1.11. The van der Waals surface area contributed by atoms with Crippen molar-refractivity contribution in [1.82, 2.24) is 4.98 Å². The minimum Gasteiger partial charge on any atom is -0.486 e. The minimum atomic E-state index is 0.0803. The molecule has 2 heteroatoms. The molecule has 0 radical (unpaired) electrons. The van der Waals surface area contributed by atoms with Crippen molar-refractivity contribution in [3.63, 3.8) is 0 Å². The molecule has 0 aliphatic heterocycles. The Morgan fingerprint density at radius 3 is 2.62 bits per heavy atom. The van der Waals surface area contributed by atoms with Crippen LogP contribution in [0, 0.1) is 6.92 Å². The number of hydrogen-bond acceptors (Lipinski definition) is 2. The first-order chi connectivity index (χ1) is 6.18. The molecule has 0 bridgehead atoms. The molecule has 1 fully saturated rings. The van der Waals surface area contributed by atoms with E-state index in [2.05, 4.69) is 11.9 Å². The highest BCUT2D eigenvalue weighted by atomic mass is 16.5. The minimum absolute atomic E-state index is 0.0803. The lowest BCUT2D eigenvalue weighted by atomic mass is 9.82. The zero-order valence-electron chi connectivity index (χ0n) is 8.21. The summed E-state index contributed by atoms with van der Waals surface area (Å²) in [6.45, 7) is 4.14. The zero-order valence-corrected chi connectivity index (χ0v) is 8.21. The molecule has 70 valence electrons. The monoisotopic (exact) mass is 177 g/mol. The number of rotatable bonds is 2. The maximum Gasteiger partial charge on any atom is 0.138 e. The maximum atomic E-state index is 5.83. The van der Waals surface area contributed by atoms with Crippen LogP contribution in [0.15, 0.2) is 18.3 Å². The third-order valence-corrected chi connectivity index (χ3v) is 2.66. The van der Waals surface area contributed by atoms with Gasteiger partial charge in [0.25, 0.3) is 0 Å². The van der Waals surface area contributed by atoms with Gasteiger partial charge in [-0.15, -0.1) is 0 Å². The lowest BCUT2D eigenvalue weighted by Gasteiger charge is -2.38. The summed E-state index contributed by atoms with van der Waals surface area (Å²) >= 11 is 0. The van der Waals surface area contributed by atoms with Gasteiger partial charge in [0.2, 0.25) is 0 Å². The van der Waals surface area contributed by atoms with Gasteiger partial charge in [0.15, 0.2) is 0 Å². The Labute approximate surface area is 78.9 Å². The number of hydrogen-bond donors (Lipinski definition) is 0. The summed E-state index contributed by atoms with van der Waals surface area (Å²) in [6.07, 6.45) is 5.43. The fourth-order valence-electron chi connectivity index (χ4n) is 1.58. The molecule has 13 heavy (non-hydrogen) atoms. The van der Waals surface area contributed by atoms with E-state index in [0.717, 1.165) is 11.4 Å². The van der Waals surface area contributed by atoms with Crippen molar-refractivity contribution in [2.75, 3.05) is 0 Å². The van der Waals surface area contributed by atoms with E-state index in [-0.39, 0.29) is 5.60 Å². The van der Waals surface area contributed by atoms with Crippen LogP contribution in [0.25, 0.3) is 0 Å². The van der Waals surface area contributed by atoms with E-state index in [4.69, 9.17) is 4.74 Å². The first-order valence-corrected chi connectivity index (χ1v) is 4.80. The van der Waals surface area contributed by atoms with Crippen LogP contribution in [0.5, 0.6) is 5.75 Å². The van der Waals surface area contributed by atoms with Gasteiger partial charge in [0.1, 0.15) is 11.4 Å². The van der Waals surface area contributed by atoms with Crippen LogP contribution in [0.3, 0.4) is 0 Å².